The van der Waals surface area contributed by atoms with Gasteiger partial charge in [0.2, 0.25) is 0 Å². The molecule has 68 valence electrons. The molecule has 1 fully saturated rings. The Morgan fingerprint density at radius 2 is 1.92 bits per heavy atom. The third kappa shape index (κ3) is 2.60. The fraction of sp³-hybridized carbons (Fsp3) is 0.875. The van der Waals surface area contributed by atoms with Crippen LogP contribution in [0.2, 0.25) is 0 Å². The van der Waals surface area contributed by atoms with Crippen LogP contribution in [0.4, 0.5) is 0 Å². The predicted octanol–water partition coefficient (Wildman–Crippen LogP) is 2.23. The minimum atomic E-state index is 0.559. The van der Waals surface area contributed by atoms with E-state index in [9.17, 15) is 0 Å². The first kappa shape index (κ1) is 9.16. The van der Waals surface area contributed by atoms with Gasteiger partial charge in [0, 0.05) is 19.8 Å². The van der Waals surface area contributed by atoms with E-state index in [0.29, 0.717) is 6.04 Å². The smallest absolute Gasteiger partial charge is 0.0485 e. The second-order valence-corrected chi connectivity index (χ2v) is 3.19. The van der Waals surface area contributed by atoms with Crippen LogP contribution >= 0.6 is 0 Å². The highest BCUT2D eigenvalue weighted by atomic mass is 15.6. The van der Waals surface area contributed by atoms with Crippen molar-refractivity contribution in [3.63, 3.8) is 0 Å². The maximum atomic E-state index is 3.90. The Balaban J connectivity index is 2.33. The third-order valence-corrected chi connectivity index (χ3v) is 2.35. The van der Waals surface area contributed by atoms with Crippen molar-refractivity contribution in [2.75, 3.05) is 7.05 Å². The Bertz CT molecular complexity index is 160. The molecule has 0 aromatic rings. The van der Waals surface area contributed by atoms with E-state index in [-0.39, 0.29) is 0 Å². The molecule has 4 nitrogen and oxygen atoms in total. The van der Waals surface area contributed by atoms with E-state index < -0.39 is 0 Å². The molecule has 0 N–H and O–H groups in total. The summed E-state index contributed by atoms with van der Waals surface area (Å²) < 4.78 is 0. The van der Waals surface area contributed by atoms with Crippen LogP contribution in [0.5, 0.6) is 0 Å². The van der Waals surface area contributed by atoms with Gasteiger partial charge in [-0.3, -0.25) is 5.01 Å². The fourth-order valence-electron chi connectivity index (χ4n) is 1.62. The molecule has 1 rings (SSSR count). The van der Waals surface area contributed by atoms with E-state index in [1.807, 2.05) is 12.1 Å². The molecule has 12 heavy (non-hydrogen) atoms. The normalized spacial score (nSPS) is 19.8. The summed E-state index contributed by atoms with van der Waals surface area (Å²) in [7, 11) is 1.95. The van der Waals surface area contributed by atoms with Gasteiger partial charge in [-0.1, -0.05) is 24.5 Å². The summed E-state index contributed by atoms with van der Waals surface area (Å²) in [6, 6.07) is 0.559. The van der Waals surface area contributed by atoms with Crippen LogP contribution in [0.25, 0.3) is 0 Å². The van der Waals surface area contributed by atoms with Gasteiger partial charge in [0.25, 0.3) is 0 Å². The SMILES string of the molecule is C=N/N=N\N(C)C1CCCCC1. The van der Waals surface area contributed by atoms with E-state index in [4.69, 9.17) is 0 Å². The Labute approximate surface area is 73.3 Å². The largest absolute Gasteiger partial charge is 0.277 e. The number of rotatable bonds is 3. The van der Waals surface area contributed by atoms with Crippen molar-refractivity contribution in [1.29, 1.82) is 0 Å². The third-order valence-electron chi connectivity index (χ3n) is 2.35. The Morgan fingerprint density at radius 1 is 1.25 bits per heavy atom. The zero-order valence-corrected chi connectivity index (χ0v) is 7.61. The van der Waals surface area contributed by atoms with Gasteiger partial charge in [0.1, 0.15) is 0 Å². The van der Waals surface area contributed by atoms with E-state index >= 15 is 0 Å². The highest BCUT2D eigenvalue weighted by Crippen LogP contribution is 2.21. The van der Waals surface area contributed by atoms with Crippen LogP contribution < -0.4 is 0 Å². The van der Waals surface area contributed by atoms with Gasteiger partial charge >= 0.3 is 0 Å². The molecule has 1 aliphatic rings. The van der Waals surface area contributed by atoms with Gasteiger partial charge in [0.05, 0.1) is 0 Å². The Hall–Kier alpha value is -0.930. The second-order valence-electron chi connectivity index (χ2n) is 3.19. The molecular weight excluding hydrogens is 152 g/mol. The lowest BCUT2D eigenvalue weighted by molar-refractivity contribution is 0.185. The minimum absolute atomic E-state index is 0.559. The van der Waals surface area contributed by atoms with Crippen molar-refractivity contribution in [2.45, 2.75) is 38.1 Å². The first-order valence-electron chi connectivity index (χ1n) is 4.44. The molecule has 1 aliphatic carbocycles. The van der Waals surface area contributed by atoms with Gasteiger partial charge in [-0.25, -0.2) is 0 Å². The van der Waals surface area contributed by atoms with Crippen molar-refractivity contribution in [2.24, 2.45) is 15.5 Å². The lowest BCUT2D eigenvalue weighted by atomic mass is 9.95. The highest BCUT2D eigenvalue weighted by molar-refractivity contribution is 5.22. The first-order valence-corrected chi connectivity index (χ1v) is 4.44. The van der Waals surface area contributed by atoms with Crippen molar-refractivity contribution >= 4 is 6.72 Å². The lowest BCUT2D eigenvalue weighted by Gasteiger charge is -2.27. The van der Waals surface area contributed by atoms with Gasteiger partial charge in [-0.2, -0.15) is 0 Å². The summed E-state index contributed by atoms with van der Waals surface area (Å²) in [5, 5.41) is 12.6. The van der Waals surface area contributed by atoms with Crippen LogP contribution in [-0.4, -0.2) is 24.8 Å². The Kier molecular flexibility index (Phi) is 3.70. The molecule has 0 saturated heterocycles. The lowest BCUT2D eigenvalue weighted by Crippen LogP contribution is -2.28. The van der Waals surface area contributed by atoms with Crippen LogP contribution in [0, 0.1) is 0 Å². The van der Waals surface area contributed by atoms with E-state index in [0.717, 1.165) is 0 Å². The average Bonchev–Trinajstić information content (AvgIpc) is 2.15. The summed E-state index contributed by atoms with van der Waals surface area (Å²) in [5.41, 5.74) is 0. The minimum Gasteiger partial charge on any atom is -0.277 e. The number of hydrogen-bond acceptors (Lipinski definition) is 2. The quantitative estimate of drug-likeness (QED) is 0.362. The molecule has 0 spiro atoms. The zero-order chi connectivity index (χ0) is 8.81. The highest BCUT2D eigenvalue weighted by Gasteiger charge is 2.16. The summed E-state index contributed by atoms with van der Waals surface area (Å²) in [6.45, 7) is 3.24. The van der Waals surface area contributed by atoms with Crippen molar-refractivity contribution in [3.05, 3.63) is 0 Å². The van der Waals surface area contributed by atoms with Crippen LogP contribution in [-0.2, 0) is 0 Å². The van der Waals surface area contributed by atoms with Crippen molar-refractivity contribution in [1.82, 2.24) is 5.01 Å². The van der Waals surface area contributed by atoms with Crippen LogP contribution in [0.3, 0.4) is 0 Å². The molecular formula is C8H16N4. The number of nitrogens with zero attached hydrogens (tertiary/aromatic N) is 4. The molecule has 0 aliphatic heterocycles. The monoisotopic (exact) mass is 168 g/mol. The fourth-order valence-corrected chi connectivity index (χ4v) is 1.62. The average molecular weight is 168 g/mol. The maximum absolute atomic E-state index is 3.90. The van der Waals surface area contributed by atoms with Gasteiger partial charge in [-0.15, -0.1) is 5.10 Å². The molecule has 0 aromatic carbocycles. The van der Waals surface area contributed by atoms with E-state index in [1.165, 1.54) is 32.1 Å². The van der Waals surface area contributed by atoms with Gasteiger partial charge < -0.3 is 0 Å². The molecule has 0 amide bonds. The van der Waals surface area contributed by atoms with Gasteiger partial charge in [-0.05, 0) is 18.1 Å². The standard InChI is InChI=1S/C8H16N4/c1-9-10-11-12(2)8-6-4-3-5-7-8/h8H,1,3-7H2,2H3/b11-10-. The van der Waals surface area contributed by atoms with Crippen molar-refractivity contribution < 1.29 is 0 Å². The molecule has 0 radical (unpaired) electrons. The molecule has 1 saturated carbocycles. The maximum Gasteiger partial charge on any atom is 0.0485 e. The topological polar surface area (TPSA) is 40.3 Å². The first-order chi connectivity index (χ1) is 5.84. The molecule has 0 atom stereocenters. The van der Waals surface area contributed by atoms with E-state index in [1.54, 1.807) is 0 Å². The molecule has 0 aromatic heterocycles. The molecule has 0 bridgehead atoms. The van der Waals surface area contributed by atoms with Gasteiger partial charge in [0.15, 0.2) is 0 Å². The second kappa shape index (κ2) is 4.85. The Morgan fingerprint density at radius 3 is 2.50 bits per heavy atom. The molecule has 4 heteroatoms. The predicted molar refractivity (Wildman–Crippen MR) is 49.0 cm³/mol. The summed E-state index contributed by atoms with van der Waals surface area (Å²) in [6.07, 6.45) is 6.44. The summed E-state index contributed by atoms with van der Waals surface area (Å²) in [4.78, 5) is 0. The van der Waals surface area contributed by atoms with Crippen LogP contribution in [0.15, 0.2) is 15.5 Å². The molecule has 0 unspecified atom stereocenters. The summed E-state index contributed by atoms with van der Waals surface area (Å²) >= 11 is 0. The van der Waals surface area contributed by atoms with Crippen LogP contribution in [0.1, 0.15) is 32.1 Å². The summed E-state index contributed by atoms with van der Waals surface area (Å²) in [5.74, 6) is 0. The zero-order valence-electron chi connectivity index (χ0n) is 7.61. The molecule has 0 heterocycles. The number of hydrogen-bond donors (Lipinski definition) is 0. The van der Waals surface area contributed by atoms with E-state index in [2.05, 4.69) is 22.3 Å². The van der Waals surface area contributed by atoms with Crippen molar-refractivity contribution in [3.8, 4) is 0 Å².